The van der Waals surface area contributed by atoms with Crippen LogP contribution < -0.4 is 0 Å². The van der Waals surface area contributed by atoms with Crippen LogP contribution in [0.5, 0.6) is 0 Å². The topological polar surface area (TPSA) is 52.6 Å². The Morgan fingerprint density at radius 2 is 1.60 bits per heavy atom. The molecule has 86 valence electrons. The van der Waals surface area contributed by atoms with E-state index in [0.29, 0.717) is 13.2 Å². The van der Waals surface area contributed by atoms with Gasteiger partial charge in [0.15, 0.2) is 5.78 Å². The molecule has 0 saturated heterocycles. The summed E-state index contributed by atoms with van der Waals surface area (Å²) in [6, 6.07) is 0. The molecule has 4 nitrogen and oxygen atoms in total. The molecule has 0 aromatic rings. The number of carbonyl (C=O) groups is 2. The van der Waals surface area contributed by atoms with E-state index in [1.165, 1.54) is 19.1 Å². The van der Waals surface area contributed by atoms with Crippen molar-refractivity contribution < 1.29 is 19.1 Å². The van der Waals surface area contributed by atoms with Gasteiger partial charge in [0.25, 0.3) is 0 Å². The first-order valence-electron chi connectivity index (χ1n) is 4.97. The molecule has 0 N–H and O–H groups in total. The molecule has 0 bridgehead atoms. The number of hydrogen-bond donors (Lipinski definition) is 0. The number of rotatable bonds is 7. The number of ketones is 2. The quantitative estimate of drug-likeness (QED) is 0.476. The molecule has 0 fully saturated rings. The fourth-order valence-corrected chi connectivity index (χ4v) is 1.08. The van der Waals surface area contributed by atoms with Gasteiger partial charge in [-0.1, -0.05) is 0 Å². The maximum absolute atomic E-state index is 11.7. The van der Waals surface area contributed by atoms with E-state index in [9.17, 15) is 9.59 Å². The van der Waals surface area contributed by atoms with Gasteiger partial charge in [-0.2, -0.15) is 0 Å². The molecule has 0 heterocycles. The lowest BCUT2D eigenvalue weighted by atomic mass is 10.1. The minimum absolute atomic E-state index is 0.182. The molecule has 0 aliphatic carbocycles. The minimum Gasteiger partial charge on any atom is -0.344 e. The van der Waals surface area contributed by atoms with Gasteiger partial charge in [0.1, 0.15) is 0 Å². The van der Waals surface area contributed by atoms with Gasteiger partial charge in [0.05, 0.1) is 0 Å². The second-order valence-corrected chi connectivity index (χ2v) is 3.12. The van der Waals surface area contributed by atoms with E-state index in [0.717, 1.165) is 0 Å². The summed E-state index contributed by atoms with van der Waals surface area (Å²) in [5, 5.41) is 0. The molecule has 0 rings (SSSR count). The number of allylic oxidation sites excluding steroid dienone is 1. The van der Waals surface area contributed by atoms with Crippen molar-refractivity contribution in [2.45, 2.75) is 33.5 Å². The molecular formula is C11H18O4. The SMILES string of the molecule is CCOC(C)(OCC)C(=O)/C=C/C(C)=O. The van der Waals surface area contributed by atoms with Crippen molar-refractivity contribution in [3.05, 3.63) is 12.2 Å². The van der Waals surface area contributed by atoms with E-state index in [4.69, 9.17) is 9.47 Å². The Morgan fingerprint density at radius 1 is 1.13 bits per heavy atom. The molecule has 0 aliphatic heterocycles. The third-order valence-electron chi connectivity index (χ3n) is 1.76. The summed E-state index contributed by atoms with van der Waals surface area (Å²) in [5.41, 5.74) is 0. The smallest absolute Gasteiger partial charge is 0.230 e. The second-order valence-electron chi connectivity index (χ2n) is 3.12. The first-order chi connectivity index (χ1) is 6.96. The molecule has 0 amide bonds. The van der Waals surface area contributed by atoms with Crippen LogP contribution in [0.2, 0.25) is 0 Å². The van der Waals surface area contributed by atoms with Crippen molar-refractivity contribution in [1.82, 2.24) is 0 Å². The molecule has 0 aromatic carbocycles. The summed E-state index contributed by atoms with van der Waals surface area (Å²) >= 11 is 0. The van der Waals surface area contributed by atoms with Crippen LogP contribution in [0.1, 0.15) is 27.7 Å². The Balaban J connectivity index is 4.61. The van der Waals surface area contributed by atoms with Gasteiger partial charge >= 0.3 is 0 Å². The number of ether oxygens (including phenoxy) is 2. The van der Waals surface area contributed by atoms with Crippen LogP contribution in [0.25, 0.3) is 0 Å². The zero-order chi connectivity index (χ0) is 11.9. The molecule has 0 atom stereocenters. The van der Waals surface area contributed by atoms with E-state index < -0.39 is 5.79 Å². The third-order valence-corrected chi connectivity index (χ3v) is 1.76. The van der Waals surface area contributed by atoms with Gasteiger partial charge < -0.3 is 9.47 Å². The molecule has 0 aliphatic rings. The average Bonchev–Trinajstić information content (AvgIpc) is 2.14. The summed E-state index contributed by atoms with van der Waals surface area (Å²) in [4.78, 5) is 22.3. The van der Waals surface area contributed by atoms with E-state index in [-0.39, 0.29) is 11.6 Å². The molecule has 0 radical (unpaired) electrons. The van der Waals surface area contributed by atoms with Gasteiger partial charge in [0, 0.05) is 13.2 Å². The Hall–Kier alpha value is -1.00. The Labute approximate surface area is 90.2 Å². The van der Waals surface area contributed by atoms with Crippen LogP contribution in [0.4, 0.5) is 0 Å². The molecule has 0 spiro atoms. The van der Waals surface area contributed by atoms with Crippen LogP contribution in [0, 0.1) is 0 Å². The Kier molecular flexibility index (Phi) is 6.05. The highest BCUT2D eigenvalue weighted by atomic mass is 16.7. The third kappa shape index (κ3) is 4.85. The van der Waals surface area contributed by atoms with Crippen molar-refractivity contribution in [3.63, 3.8) is 0 Å². The highest BCUT2D eigenvalue weighted by Gasteiger charge is 2.32. The highest BCUT2D eigenvalue weighted by Crippen LogP contribution is 2.14. The second kappa shape index (κ2) is 6.48. The normalized spacial score (nSPS) is 12.0. The number of carbonyl (C=O) groups excluding carboxylic acids is 2. The lowest BCUT2D eigenvalue weighted by molar-refractivity contribution is -0.212. The molecule has 0 aromatic heterocycles. The van der Waals surface area contributed by atoms with Gasteiger partial charge in [0.2, 0.25) is 11.6 Å². The first-order valence-corrected chi connectivity index (χ1v) is 4.97. The average molecular weight is 214 g/mol. The predicted octanol–water partition coefficient (Wildman–Crippen LogP) is 1.49. The summed E-state index contributed by atoms with van der Waals surface area (Å²) in [6.07, 6.45) is 2.40. The van der Waals surface area contributed by atoms with E-state index in [1.807, 2.05) is 0 Å². The molecule has 4 heteroatoms. The fraction of sp³-hybridized carbons (Fsp3) is 0.636. The Bertz CT molecular complexity index is 249. The van der Waals surface area contributed by atoms with Crippen molar-refractivity contribution in [2.75, 3.05) is 13.2 Å². The highest BCUT2D eigenvalue weighted by molar-refractivity contribution is 6.01. The summed E-state index contributed by atoms with van der Waals surface area (Å²) in [6.45, 7) is 7.22. The lowest BCUT2D eigenvalue weighted by Crippen LogP contribution is -2.40. The van der Waals surface area contributed by atoms with Crippen LogP contribution in [-0.4, -0.2) is 30.6 Å². The van der Waals surface area contributed by atoms with E-state index >= 15 is 0 Å². The van der Waals surface area contributed by atoms with Crippen molar-refractivity contribution >= 4 is 11.6 Å². The summed E-state index contributed by atoms with van der Waals surface area (Å²) in [7, 11) is 0. The van der Waals surface area contributed by atoms with Gasteiger partial charge in [-0.15, -0.1) is 0 Å². The van der Waals surface area contributed by atoms with Crippen molar-refractivity contribution in [1.29, 1.82) is 0 Å². The molecular weight excluding hydrogens is 196 g/mol. The maximum Gasteiger partial charge on any atom is 0.230 e. The summed E-state index contributed by atoms with van der Waals surface area (Å²) < 4.78 is 10.5. The van der Waals surface area contributed by atoms with Crippen LogP contribution in [0.3, 0.4) is 0 Å². The van der Waals surface area contributed by atoms with Gasteiger partial charge in [-0.3, -0.25) is 9.59 Å². The number of hydrogen-bond acceptors (Lipinski definition) is 4. The monoisotopic (exact) mass is 214 g/mol. The Morgan fingerprint density at radius 3 is 1.93 bits per heavy atom. The van der Waals surface area contributed by atoms with Crippen molar-refractivity contribution in [3.8, 4) is 0 Å². The molecule has 0 unspecified atom stereocenters. The predicted molar refractivity (Wildman–Crippen MR) is 56.5 cm³/mol. The standard InChI is InChI=1S/C11H18O4/c1-5-14-11(4,15-6-2)10(13)8-7-9(3)12/h7-8H,5-6H2,1-4H3/b8-7+. The maximum atomic E-state index is 11.7. The van der Waals surface area contributed by atoms with E-state index in [2.05, 4.69) is 0 Å². The molecule has 0 saturated carbocycles. The first kappa shape index (κ1) is 14.0. The summed E-state index contributed by atoms with van der Waals surface area (Å²) in [5.74, 6) is -1.82. The van der Waals surface area contributed by atoms with Crippen molar-refractivity contribution in [2.24, 2.45) is 0 Å². The minimum atomic E-state index is -1.28. The van der Waals surface area contributed by atoms with Crippen LogP contribution in [-0.2, 0) is 19.1 Å². The zero-order valence-electron chi connectivity index (χ0n) is 9.70. The van der Waals surface area contributed by atoms with Crippen LogP contribution in [0.15, 0.2) is 12.2 Å². The molecule has 15 heavy (non-hydrogen) atoms. The lowest BCUT2D eigenvalue weighted by Gasteiger charge is -2.26. The largest absolute Gasteiger partial charge is 0.344 e. The fourth-order valence-electron chi connectivity index (χ4n) is 1.08. The van der Waals surface area contributed by atoms with Crippen LogP contribution >= 0.6 is 0 Å². The van der Waals surface area contributed by atoms with E-state index in [1.54, 1.807) is 20.8 Å². The van der Waals surface area contributed by atoms with Gasteiger partial charge in [-0.25, -0.2) is 0 Å². The van der Waals surface area contributed by atoms with Gasteiger partial charge in [-0.05, 0) is 39.8 Å². The zero-order valence-corrected chi connectivity index (χ0v) is 9.70.